The van der Waals surface area contributed by atoms with Gasteiger partial charge in [-0.25, -0.2) is 0 Å². The van der Waals surface area contributed by atoms with E-state index >= 15 is 0 Å². The Morgan fingerprint density at radius 3 is 2.39 bits per heavy atom. The lowest BCUT2D eigenvalue weighted by atomic mass is 9.98. The van der Waals surface area contributed by atoms with E-state index in [2.05, 4.69) is 28.4 Å². The molecule has 0 amide bonds. The van der Waals surface area contributed by atoms with Crippen molar-refractivity contribution in [2.24, 2.45) is 7.05 Å². The number of pyridine rings is 1. The summed E-state index contributed by atoms with van der Waals surface area (Å²) in [7, 11) is 3.95. The maximum atomic E-state index is 4.48. The molecule has 2 heterocycles. The summed E-state index contributed by atoms with van der Waals surface area (Å²) in [5.41, 5.74) is 5.70. The van der Waals surface area contributed by atoms with Crippen LogP contribution in [0.1, 0.15) is 34.3 Å². The van der Waals surface area contributed by atoms with Crippen molar-refractivity contribution in [1.29, 1.82) is 0 Å². The molecule has 0 fully saturated rings. The first kappa shape index (κ1) is 12.8. The molecule has 2 aromatic heterocycles. The zero-order chi connectivity index (χ0) is 13.3. The summed E-state index contributed by atoms with van der Waals surface area (Å²) < 4.78 is 1.93. The molecule has 0 bridgehead atoms. The molecule has 0 saturated carbocycles. The van der Waals surface area contributed by atoms with E-state index in [0.717, 1.165) is 11.4 Å². The third-order valence-electron chi connectivity index (χ3n) is 3.41. The van der Waals surface area contributed by atoms with Gasteiger partial charge in [0.25, 0.3) is 0 Å². The Bertz CT molecular complexity index is 540. The Balaban J connectivity index is 2.48. The van der Waals surface area contributed by atoms with Gasteiger partial charge in [-0.1, -0.05) is 6.07 Å². The van der Waals surface area contributed by atoms with Crippen LogP contribution in [0.15, 0.2) is 18.3 Å². The lowest BCUT2D eigenvalue weighted by molar-refractivity contribution is 0.675. The van der Waals surface area contributed by atoms with E-state index in [9.17, 15) is 0 Å². The SMILES string of the molecule is CNC(c1ccc(C)nc1)c1c(C)nn(C)c1C. The second kappa shape index (κ2) is 4.90. The van der Waals surface area contributed by atoms with Gasteiger partial charge in [0, 0.05) is 30.2 Å². The Morgan fingerprint density at radius 1 is 1.22 bits per heavy atom. The molecule has 0 aromatic carbocycles. The van der Waals surface area contributed by atoms with Crippen LogP contribution in [0.3, 0.4) is 0 Å². The predicted molar refractivity (Wildman–Crippen MR) is 72.6 cm³/mol. The summed E-state index contributed by atoms with van der Waals surface area (Å²) in [6, 6.07) is 4.31. The molecule has 0 spiro atoms. The smallest absolute Gasteiger partial charge is 0.0647 e. The molecule has 2 aromatic rings. The van der Waals surface area contributed by atoms with Crippen LogP contribution in [0.2, 0.25) is 0 Å². The van der Waals surface area contributed by atoms with Crippen LogP contribution in [-0.2, 0) is 7.05 Å². The molecule has 1 unspecified atom stereocenters. The molecule has 0 aliphatic heterocycles. The Kier molecular flexibility index (Phi) is 3.48. The third kappa shape index (κ3) is 2.16. The van der Waals surface area contributed by atoms with Crippen molar-refractivity contribution in [3.8, 4) is 0 Å². The zero-order valence-electron chi connectivity index (χ0n) is 11.7. The summed E-state index contributed by atoms with van der Waals surface area (Å²) in [5.74, 6) is 0. The van der Waals surface area contributed by atoms with Gasteiger partial charge in [0.2, 0.25) is 0 Å². The molecule has 4 nitrogen and oxygen atoms in total. The second-order valence-electron chi connectivity index (χ2n) is 4.66. The van der Waals surface area contributed by atoms with Crippen molar-refractivity contribution in [2.45, 2.75) is 26.8 Å². The minimum absolute atomic E-state index is 0.145. The van der Waals surface area contributed by atoms with Gasteiger partial charge in [-0.2, -0.15) is 5.10 Å². The van der Waals surface area contributed by atoms with Gasteiger partial charge >= 0.3 is 0 Å². The van der Waals surface area contributed by atoms with E-state index in [1.165, 1.54) is 16.8 Å². The van der Waals surface area contributed by atoms with Gasteiger partial charge in [0.1, 0.15) is 0 Å². The van der Waals surface area contributed by atoms with Crippen LogP contribution >= 0.6 is 0 Å². The first-order valence-electron chi connectivity index (χ1n) is 6.14. The highest BCUT2D eigenvalue weighted by atomic mass is 15.3. The summed E-state index contributed by atoms with van der Waals surface area (Å²) in [6.45, 7) is 6.15. The van der Waals surface area contributed by atoms with Crippen LogP contribution in [-0.4, -0.2) is 21.8 Å². The number of aryl methyl sites for hydroxylation is 3. The second-order valence-corrected chi connectivity index (χ2v) is 4.66. The van der Waals surface area contributed by atoms with Crippen LogP contribution in [0.4, 0.5) is 0 Å². The standard InChI is InChI=1S/C14H20N4/c1-9-6-7-12(8-16-9)14(15-4)13-10(2)17-18(5)11(13)3/h6-8,14-15H,1-5H3. The number of nitrogens with zero attached hydrogens (tertiary/aromatic N) is 3. The molecule has 96 valence electrons. The Hall–Kier alpha value is -1.68. The molecular weight excluding hydrogens is 224 g/mol. The van der Waals surface area contributed by atoms with E-state index in [1.807, 2.05) is 44.9 Å². The maximum Gasteiger partial charge on any atom is 0.0647 e. The van der Waals surface area contributed by atoms with E-state index in [1.54, 1.807) is 0 Å². The van der Waals surface area contributed by atoms with Crippen molar-refractivity contribution in [1.82, 2.24) is 20.1 Å². The largest absolute Gasteiger partial charge is 0.309 e. The number of hydrogen-bond donors (Lipinski definition) is 1. The predicted octanol–water partition coefficient (Wildman–Crippen LogP) is 2.05. The first-order chi connectivity index (χ1) is 8.54. The van der Waals surface area contributed by atoms with Crippen LogP contribution in [0.25, 0.3) is 0 Å². The fourth-order valence-corrected chi connectivity index (χ4v) is 2.34. The first-order valence-corrected chi connectivity index (χ1v) is 6.14. The summed E-state index contributed by atoms with van der Waals surface area (Å²) in [5, 5.41) is 7.83. The molecule has 1 N–H and O–H groups in total. The highest BCUT2D eigenvalue weighted by Gasteiger charge is 2.20. The van der Waals surface area contributed by atoms with Crippen LogP contribution in [0, 0.1) is 20.8 Å². The molecule has 0 aliphatic rings. The van der Waals surface area contributed by atoms with E-state index in [0.29, 0.717) is 0 Å². The Morgan fingerprint density at radius 2 is 1.94 bits per heavy atom. The molecule has 4 heteroatoms. The molecular formula is C14H20N4. The number of nitrogens with one attached hydrogen (secondary N) is 1. The van der Waals surface area contributed by atoms with Gasteiger partial charge in [-0.3, -0.25) is 9.67 Å². The van der Waals surface area contributed by atoms with Gasteiger partial charge in [0.15, 0.2) is 0 Å². The Labute approximate surface area is 108 Å². The quantitative estimate of drug-likeness (QED) is 0.898. The average Bonchev–Trinajstić information content (AvgIpc) is 2.59. The highest BCUT2D eigenvalue weighted by Crippen LogP contribution is 2.26. The summed E-state index contributed by atoms with van der Waals surface area (Å²) >= 11 is 0. The molecule has 0 radical (unpaired) electrons. The number of rotatable bonds is 3. The van der Waals surface area contributed by atoms with E-state index < -0.39 is 0 Å². The van der Waals surface area contributed by atoms with Crippen molar-refractivity contribution >= 4 is 0 Å². The normalized spacial score (nSPS) is 12.7. The molecule has 2 rings (SSSR count). The van der Waals surface area contributed by atoms with Gasteiger partial charge in [0.05, 0.1) is 11.7 Å². The number of hydrogen-bond acceptors (Lipinski definition) is 3. The van der Waals surface area contributed by atoms with Gasteiger partial charge in [-0.15, -0.1) is 0 Å². The summed E-state index contributed by atoms with van der Waals surface area (Å²) in [4.78, 5) is 4.37. The highest BCUT2D eigenvalue weighted by molar-refractivity contribution is 5.36. The van der Waals surface area contributed by atoms with Gasteiger partial charge in [-0.05, 0) is 39.4 Å². The van der Waals surface area contributed by atoms with E-state index in [-0.39, 0.29) is 6.04 Å². The number of aromatic nitrogens is 3. The minimum atomic E-state index is 0.145. The lowest BCUT2D eigenvalue weighted by Gasteiger charge is -2.17. The van der Waals surface area contributed by atoms with Crippen molar-refractivity contribution in [2.75, 3.05) is 7.05 Å². The van der Waals surface area contributed by atoms with Crippen LogP contribution < -0.4 is 5.32 Å². The maximum absolute atomic E-state index is 4.48. The van der Waals surface area contributed by atoms with Gasteiger partial charge < -0.3 is 5.32 Å². The lowest BCUT2D eigenvalue weighted by Crippen LogP contribution is -2.19. The van der Waals surface area contributed by atoms with Crippen molar-refractivity contribution in [3.05, 3.63) is 46.5 Å². The minimum Gasteiger partial charge on any atom is -0.309 e. The zero-order valence-corrected chi connectivity index (χ0v) is 11.7. The average molecular weight is 244 g/mol. The third-order valence-corrected chi connectivity index (χ3v) is 3.41. The van der Waals surface area contributed by atoms with Crippen molar-refractivity contribution < 1.29 is 0 Å². The summed E-state index contributed by atoms with van der Waals surface area (Å²) in [6.07, 6.45) is 1.93. The molecule has 1 atom stereocenters. The topological polar surface area (TPSA) is 42.7 Å². The van der Waals surface area contributed by atoms with Crippen molar-refractivity contribution in [3.63, 3.8) is 0 Å². The molecule has 0 aliphatic carbocycles. The van der Waals surface area contributed by atoms with E-state index in [4.69, 9.17) is 0 Å². The fraction of sp³-hybridized carbons (Fsp3) is 0.429. The fourth-order valence-electron chi connectivity index (χ4n) is 2.34. The molecule has 0 saturated heterocycles. The monoisotopic (exact) mass is 244 g/mol. The van der Waals surface area contributed by atoms with Crippen LogP contribution in [0.5, 0.6) is 0 Å². The molecule has 18 heavy (non-hydrogen) atoms.